The summed E-state index contributed by atoms with van der Waals surface area (Å²) in [6.45, 7) is 0.726. The van der Waals surface area contributed by atoms with Crippen LogP contribution in [-0.4, -0.2) is 22.1 Å². The zero-order valence-corrected chi connectivity index (χ0v) is 9.98. The zero-order valence-electron chi connectivity index (χ0n) is 9.98. The molecule has 0 aliphatic rings. The molecular weight excluding hydrogens is 202 g/mol. The van der Waals surface area contributed by atoms with Gasteiger partial charge in [-0.05, 0) is 31.4 Å². The minimum Gasteiger partial charge on any atom is -0.330 e. The highest BCUT2D eigenvalue weighted by Gasteiger charge is 2.03. The van der Waals surface area contributed by atoms with Crippen molar-refractivity contribution in [3.63, 3.8) is 0 Å². The molecule has 0 fully saturated rings. The normalized spacial score (nSPS) is 10.6. The van der Waals surface area contributed by atoms with E-state index in [1.165, 1.54) is 0 Å². The monoisotopic (exact) mass is 223 g/mol. The zero-order chi connectivity index (χ0) is 11.8. The standard InChI is InChI=1S/C12H21N3O/c1-15-10-11(9-14-15)6-7-12(16)5-3-2-4-8-13/h9-10H,2-8,13H2,1H3. The summed E-state index contributed by atoms with van der Waals surface area (Å²) in [6, 6.07) is 0. The minimum absolute atomic E-state index is 0.348. The molecule has 0 aromatic carbocycles. The van der Waals surface area contributed by atoms with E-state index in [4.69, 9.17) is 5.73 Å². The van der Waals surface area contributed by atoms with Crippen molar-refractivity contribution in [1.29, 1.82) is 0 Å². The van der Waals surface area contributed by atoms with E-state index in [0.29, 0.717) is 18.6 Å². The molecule has 2 N–H and O–H groups in total. The van der Waals surface area contributed by atoms with Crippen molar-refractivity contribution in [2.45, 2.75) is 38.5 Å². The summed E-state index contributed by atoms with van der Waals surface area (Å²) in [6.07, 6.45) is 8.98. The van der Waals surface area contributed by atoms with E-state index in [0.717, 1.165) is 37.8 Å². The number of nitrogens with zero attached hydrogens (tertiary/aromatic N) is 2. The molecule has 0 aliphatic carbocycles. The molecule has 0 unspecified atom stereocenters. The lowest BCUT2D eigenvalue weighted by Crippen LogP contribution is -2.02. The quantitative estimate of drug-likeness (QED) is 0.678. The fourth-order valence-corrected chi connectivity index (χ4v) is 1.65. The van der Waals surface area contributed by atoms with E-state index in [2.05, 4.69) is 5.10 Å². The average Bonchev–Trinajstić information content (AvgIpc) is 2.68. The van der Waals surface area contributed by atoms with E-state index in [1.807, 2.05) is 19.4 Å². The highest BCUT2D eigenvalue weighted by molar-refractivity contribution is 5.78. The van der Waals surface area contributed by atoms with Crippen LogP contribution in [0.25, 0.3) is 0 Å². The predicted octanol–water partition coefficient (Wildman–Crippen LogP) is 1.44. The molecule has 1 aromatic rings. The van der Waals surface area contributed by atoms with Crippen LogP contribution in [0.4, 0.5) is 0 Å². The number of unbranched alkanes of at least 4 members (excludes halogenated alkanes) is 2. The summed E-state index contributed by atoms with van der Waals surface area (Å²) in [5.41, 5.74) is 6.53. The van der Waals surface area contributed by atoms with E-state index in [1.54, 1.807) is 4.68 Å². The molecule has 0 atom stereocenters. The second kappa shape index (κ2) is 7.17. The molecule has 4 nitrogen and oxygen atoms in total. The number of nitrogens with two attached hydrogens (primary N) is 1. The Kier molecular flexibility index (Phi) is 5.78. The smallest absolute Gasteiger partial charge is 0.133 e. The molecule has 0 saturated heterocycles. The fraction of sp³-hybridized carbons (Fsp3) is 0.667. The molecule has 1 aromatic heterocycles. The summed E-state index contributed by atoms with van der Waals surface area (Å²) in [5, 5.41) is 4.07. The Labute approximate surface area is 96.8 Å². The predicted molar refractivity (Wildman–Crippen MR) is 64.1 cm³/mol. The largest absolute Gasteiger partial charge is 0.330 e. The van der Waals surface area contributed by atoms with Crippen molar-refractivity contribution in [3.05, 3.63) is 18.0 Å². The van der Waals surface area contributed by atoms with Gasteiger partial charge >= 0.3 is 0 Å². The van der Waals surface area contributed by atoms with Crippen molar-refractivity contribution in [1.82, 2.24) is 9.78 Å². The highest BCUT2D eigenvalue weighted by Crippen LogP contribution is 2.06. The third-order valence-corrected chi connectivity index (χ3v) is 2.61. The summed E-state index contributed by atoms with van der Waals surface area (Å²) >= 11 is 0. The Balaban J connectivity index is 2.10. The first-order valence-electron chi connectivity index (χ1n) is 5.91. The van der Waals surface area contributed by atoms with Gasteiger partial charge in [-0.25, -0.2) is 0 Å². The number of Topliss-reactive ketones (excluding diaryl/α,β-unsaturated/α-hetero) is 1. The molecule has 0 aliphatic heterocycles. The number of hydrogen-bond donors (Lipinski definition) is 1. The Bertz CT molecular complexity index is 320. The Hall–Kier alpha value is -1.16. The highest BCUT2D eigenvalue weighted by atomic mass is 16.1. The van der Waals surface area contributed by atoms with Crippen LogP contribution in [0.3, 0.4) is 0 Å². The first-order chi connectivity index (χ1) is 7.72. The van der Waals surface area contributed by atoms with Gasteiger partial charge < -0.3 is 5.73 Å². The lowest BCUT2D eigenvalue weighted by Gasteiger charge is -1.99. The Morgan fingerprint density at radius 2 is 2.19 bits per heavy atom. The maximum atomic E-state index is 11.5. The molecule has 0 saturated carbocycles. The lowest BCUT2D eigenvalue weighted by atomic mass is 10.1. The molecular formula is C12H21N3O. The van der Waals surface area contributed by atoms with Gasteiger partial charge in [-0.3, -0.25) is 9.48 Å². The number of hydrogen-bond acceptors (Lipinski definition) is 3. The number of carbonyl (C=O) groups is 1. The van der Waals surface area contributed by atoms with Crippen LogP contribution in [0.1, 0.15) is 37.7 Å². The van der Waals surface area contributed by atoms with Crippen LogP contribution >= 0.6 is 0 Å². The van der Waals surface area contributed by atoms with Gasteiger partial charge in [0.1, 0.15) is 5.78 Å². The van der Waals surface area contributed by atoms with Gasteiger partial charge in [0, 0.05) is 26.1 Å². The van der Waals surface area contributed by atoms with Crippen molar-refractivity contribution < 1.29 is 4.79 Å². The summed E-state index contributed by atoms with van der Waals surface area (Å²) in [4.78, 5) is 11.5. The maximum Gasteiger partial charge on any atom is 0.133 e. The fourth-order valence-electron chi connectivity index (χ4n) is 1.65. The third-order valence-electron chi connectivity index (χ3n) is 2.61. The lowest BCUT2D eigenvalue weighted by molar-refractivity contribution is -0.119. The molecule has 0 spiro atoms. The molecule has 0 amide bonds. The van der Waals surface area contributed by atoms with Gasteiger partial charge in [-0.1, -0.05) is 6.42 Å². The second-order valence-electron chi connectivity index (χ2n) is 4.16. The number of aryl methyl sites for hydroxylation is 2. The van der Waals surface area contributed by atoms with Gasteiger partial charge in [-0.2, -0.15) is 5.10 Å². The van der Waals surface area contributed by atoms with Crippen LogP contribution in [0.15, 0.2) is 12.4 Å². The van der Waals surface area contributed by atoms with Crippen LogP contribution in [0.5, 0.6) is 0 Å². The van der Waals surface area contributed by atoms with Gasteiger partial charge in [0.15, 0.2) is 0 Å². The van der Waals surface area contributed by atoms with Gasteiger partial charge in [-0.15, -0.1) is 0 Å². The first kappa shape index (κ1) is 12.9. The summed E-state index contributed by atoms with van der Waals surface area (Å²) < 4.78 is 1.76. The number of carbonyl (C=O) groups excluding carboxylic acids is 1. The van der Waals surface area contributed by atoms with Crippen LogP contribution in [0.2, 0.25) is 0 Å². The molecule has 1 rings (SSSR count). The van der Waals surface area contributed by atoms with Gasteiger partial charge in [0.05, 0.1) is 6.20 Å². The first-order valence-corrected chi connectivity index (χ1v) is 5.91. The number of aromatic nitrogens is 2. The third kappa shape index (κ3) is 5.07. The van der Waals surface area contributed by atoms with E-state index >= 15 is 0 Å². The van der Waals surface area contributed by atoms with Gasteiger partial charge in [0.2, 0.25) is 0 Å². The van der Waals surface area contributed by atoms with Crippen LogP contribution < -0.4 is 5.73 Å². The summed E-state index contributed by atoms with van der Waals surface area (Å²) in [5.74, 6) is 0.348. The Morgan fingerprint density at radius 3 is 2.81 bits per heavy atom. The average molecular weight is 223 g/mol. The van der Waals surface area contributed by atoms with Gasteiger partial charge in [0.25, 0.3) is 0 Å². The van der Waals surface area contributed by atoms with Crippen LogP contribution in [-0.2, 0) is 18.3 Å². The minimum atomic E-state index is 0.348. The molecule has 0 bridgehead atoms. The van der Waals surface area contributed by atoms with E-state index in [-0.39, 0.29) is 0 Å². The van der Waals surface area contributed by atoms with Crippen molar-refractivity contribution in [2.75, 3.05) is 6.54 Å². The second-order valence-corrected chi connectivity index (χ2v) is 4.16. The molecule has 4 heteroatoms. The number of rotatable bonds is 8. The van der Waals surface area contributed by atoms with Crippen LogP contribution in [0, 0.1) is 0 Å². The molecule has 0 radical (unpaired) electrons. The van der Waals surface area contributed by atoms with Crippen molar-refractivity contribution >= 4 is 5.78 Å². The topological polar surface area (TPSA) is 60.9 Å². The van der Waals surface area contributed by atoms with Crippen molar-refractivity contribution in [2.24, 2.45) is 12.8 Å². The maximum absolute atomic E-state index is 11.5. The Morgan fingerprint density at radius 1 is 1.38 bits per heavy atom. The van der Waals surface area contributed by atoms with Crippen molar-refractivity contribution in [3.8, 4) is 0 Å². The molecule has 16 heavy (non-hydrogen) atoms. The molecule has 90 valence electrons. The SMILES string of the molecule is Cn1cc(CCC(=O)CCCCCN)cn1. The summed E-state index contributed by atoms with van der Waals surface area (Å²) in [7, 11) is 1.89. The van der Waals surface area contributed by atoms with E-state index < -0.39 is 0 Å². The number of ketones is 1. The molecule has 1 heterocycles. The van der Waals surface area contributed by atoms with E-state index in [9.17, 15) is 4.79 Å².